The Bertz CT molecular complexity index is 542. The van der Waals surface area contributed by atoms with E-state index >= 15 is 0 Å². The molecule has 1 aromatic rings. The fraction of sp³-hybridized carbons (Fsp3) is 0.533. The number of alkyl halides is 1. The number of rotatable bonds is 1. The SMILES string of the molecule is CC(C)(C)OC(=O)N1CC(F)CC1c1cc(F)ccc1F. The van der Waals surface area contributed by atoms with Crippen LogP contribution in [0.4, 0.5) is 18.0 Å². The molecule has 0 saturated carbocycles. The molecule has 0 N–H and O–H groups in total. The smallest absolute Gasteiger partial charge is 0.410 e. The molecule has 1 fully saturated rings. The Morgan fingerprint density at radius 1 is 1.33 bits per heavy atom. The summed E-state index contributed by atoms with van der Waals surface area (Å²) < 4.78 is 46.0. The van der Waals surface area contributed by atoms with Gasteiger partial charge in [0.2, 0.25) is 0 Å². The summed E-state index contributed by atoms with van der Waals surface area (Å²) in [5, 5.41) is 0. The van der Waals surface area contributed by atoms with Gasteiger partial charge in [0.25, 0.3) is 0 Å². The second-order valence-electron chi connectivity index (χ2n) is 6.15. The third kappa shape index (κ3) is 3.68. The second-order valence-corrected chi connectivity index (χ2v) is 6.15. The minimum absolute atomic E-state index is 0.0268. The molecule has 2 unspecified atom stereocenters. The van der Waals surface area contributed by atoms with Crippen molar-refractivity contribution in [2.24, 2.45) is 0 Å². The molecule has 1 aliphatic heterocycles. The number of carbonyl (C=O) groups is 1. The first-order valence-corrected chi connectivity index (χ1v) is 6.76. The first kappa shape index (κ1) is 15.7. The summed E-state index contributed by atoms with van der Waals surface area (Å²) in [4.78, 5) is 13.2. The minimum atomic E-state index is -1.29. The van der Waals surface area contributed by atoms with E-state index in [4.69, 9.17) is 4.74 Å². The van der Waals surface area contributed by atoms with E-state index in [0.717, 1.165) is 23.1 Å². The number of carbonyl (C=O) groups excluding carboxylic acids is 1. The van der Waals surface area contributed by atoms with E-state index < -0.39 is 35.5 Å². The molecule has 1 amide bonds. The highest BCUT2D eigenvalue weighted by Gasteiger charge is 2.39. The van der Waals surface area contributed by atoms with Crippen molar-refractivity contribution < 1.29 is 22.7 Å². The van der Waals surface area contributed by atoms with Gasteiger partial charge in [-0.25, -0.2) is 18.0 Å². The van der Waals surface area contributed by atoms with E-state index in [9.17, 15) is 18.0 Å². The maximum absolute atomic E-state index is 13.9. The van der Waals surface area contributed by atoms with Crippen LogP contribution in [0.2, 0.25) is 0 Å². The number of hydrogen-bond donors (Lipinski definition) is 0. The Morgan fingerprint density at radius 2 is 2.00 bits per heavy atom. The van der Waals surface area contributed by atoms with Gasteiger partial charge in [-0.05, 0) is 39.0 Å². The van der Waals surface area contributed by atoms with E-state index in [1.54, 1.807) is 20.8 Å². The zero-order valence-electron chi connectivity index (χ0n) is 12.2. The van der Waals surface area contributed by atoms with Gasteiger partial charge in [-0.3, -0.25) is 4.90 Å². The maximum Gasteiger partial charge on any atom is 0.410 e. The van der Waals surface area contributed by atoms with Gasteiger partial charge >= 0.3 is 6.09 Å². The lowest BCUT2D eigenvalue weighted by atomic mass is 10.0. The molecule has 1 aromatic carbocycles. The number of halogens is 3. The molecule has 2 rings (SSSR count). The molecule has 1 saturated heterocycles. The van der Waals surface area contributed by atoms with Gasteiger partial charge in [0, 0.05) is 12.0 Å². The molecular weight excluding hydrogens is 283 g/mol. The molecule has 2 atom stereocenters. The van der Waals surface area contributed by atoms with Crippen molar-refractivity contribution in [2.75, 3.05) is 6.54 Å². The standard InChI is InChI=1S/C15H18F3NO2/c1-15(2,3)21-14(20)19-8-10(17)7-13(19)11-6-9(16)4-5-12(11)18/h4-6,10,13H,7-8H2,1-3H3. The van der Waals surface area contributed by atoms with Crippen LogP contribution in [0.15, 0.2) is 18.2 Å². The largest absolute Gasteiger partial charge is 0.444 e. The molecule has 0 aromatic heterocycles. The Labute approximate surface area is 121 Å². The normalized spacial score (nSPS) is 22.5. The van der Waals surface area contributed by atoms with Crippen LogP contribution in [-0.4, -0.2) is 29.3 Å². The predicted octanol–water partition coefficient (Wildman–Crippen LogP) is 3.98. The average Bonchev–Trinajstić information content (AvgIpc) is 2.72. The molecular formula is C15H18F3NO2. The van der Waals surface area contributed by atoms with Crippen molar-refractivity contribution in [1.29, 1.82) is 0 Å². The number of nitrogens with zero attached hydrogens (tertiary/aromatic N) is 1. The van der Waals surface area contributed by atoms with Gasteiger partial charge in [0.05, 0.1) is 12.6 Å². The predicted molar refractivity (Wildman–Crippen MR) is 71.6 cm³/mol. The van der Waals surface area contributed by atoms with E-state index in [-0.39, 0.29) is 18.5 Å². The number of benzene rings is 1. The van der Waals surface area contributed by atoms with Gasteiger partial charge in [-0.1, -0.05) is 0 Å². The van der Waals surface area contributed by atoms with Crippen molar-refractivity contribution in [3.8, 4) is 0 Å². The quantitative estimate of drug-likeness (QED) is 0.785. The van der Waals surface area contributed by atoms with Crippen molar-refractivity contribution in [1.82, 2.24) is 4.90 Å². The van der Waals surface area contributed by atoms with Crippen LogP contribution in [0.3, 0.4) is 0 Å². The molecule has 3 nitrogen and oxygen atoms in total. The van der Waals surface area contributed by atoms with Crippen LogP contribution < -0.4 is 0 Å². The van der Waals surface area contributed by atoms with Crippen LogP contribution >= 0.6 is 0 Å². The van der Waals surface area contributed by atoms with Crippen LogP contribution in [0.1, 0.15) is 38.8 Å². The van der Waals surface area contributed by atoms with E-state index in [1.165, 1.54) is 0 Å². The van der Waals surface area contributed by atoms with Gasteiger partial charge in [0.1, 0.15) is 23.4 Å². The molecule has 0 bridgehead atoms. The summed E-state index contributed by atoms with van der Waals surface area (Å²) in [6, 6.07) is 2.10. The summed E-state index contributed by atoms with van der Waals surface area (Å²) in [5.74, 6) is -1.29. The monoisotopic (exact) mass is 301 g/mol. The minimum Gasteiger partial charge on any atom is -0.444 e. The van der Waals surface area contributed by atoms with Crippen molar-refractivity contribution in [3.05, 3.63) is 35.4 Å². The van der Waals surface area contributed by atoms with Crippen molar-refractivity contribution >= 4 is 6.09 Å². The molecule has 21 heavy (non-hydrogen) atoms. The van der Waals surface area contributed by atoms with Crippen molar-refractivity contribution in [3.63, 3.8) is 0 Å². The van der Waals surface area contributed by atoms with Gasteiger partial charge in [0.15, 0.2) is 0 Å². The highest BCUT2D eigenvalue weighted by Crippen LogP contribution is 2.36. The van der Waals surface area contributed by atoms with Gasteiger partial charge < -0.3 is 4.74 Å². The molecule has 6 heteroatoms. The molecule has 116 valence electrons. The summed E-state index contributed by atoms with van der Waals surface area (Å²) >= 11 is 0. The van der Waals surface area contributed by atoms with Crippen LogP contribution in [-0.2, 0) is 4.74 Å². The maximum atomic E-state index is 13.9. The van der Waals surface area contributed by atoms with E-state index in [2.05, 4.69) is 0 Å². The first-order valence-electron chi connectivity index (χ1n) is 6.76. The molecule has 0 spiro atoms. The molecule has 0 radical (unpaired) electrons. The summed E-state index contributed by atoms with van der Waals surface area (Å²) in [6.45, 7) is 4.87. The number of likely N-dealkylation sites (tertiary alicyclic amines) is 1. The number of hydrogen-bond acceptors (Lipinski definition) is 2. The van der Waals surface area contributed by atoms with Crippen LogP contribution in [0.5, 0.6) is 0 Å². The number of ether oxygens (including phenoxy) is 1. The fourth-order valence-electron chi connectivity index (χ4n) is 2.37. The molecule has 1 aliphatic rings. The zero-order chi connectivity index (χ0) is 15.8. The topological polar surface area (TPSA) is 29.5 Å². The fourth-order valence-corrected chi connectivity index (χ4v) is 2.37. The zero-order valence-corrected chi connectivity index (χ0v) is 12.2. The molecule has 0 aliphatic carbocycles. The highest BCUT2D eigenvalue weighted by molar-refractivity contribution is 5.69. The summed E-state index contributed by atoms with van der Waals surface area (Å²) in [5.41, 5.74) is -0.766. The third-order valence-electron chi connectivity index (χ3n) is 3.20. The highest BCUT2D eigenvalue weighted by atomic mass is 19.1. The average molecular weight is 301 g/mol. The Kier molecular flexibility index (Phi) is 4.16. The van der Waals surface area contributed by atoms with E-state index in [0.29, 0.717) is 0 Å². The van der Waals surface area contributed by atoms with E-state index in [1.807, 2.05) is 0 Å². The lowest BCUT2D eigenvalue weighted by molar-refractivity contribution is 0.0214. The Hall–Kier alpha value is -1.72. The van der Waals surface area contributed by atoms with Crippen molar-refractivity contribution in [2.45, 2.75) is 45.0 Å². The Morgan fingerprint density at radius 3 is 2.62 bits per heavy atom. The Balaban J connectivity index is 2.28. The molecule has 1 heterocycles. The lowest BCUT2D eigenvalue weighted by Gasteiger charge is -2.28. The van der Waals surface area contributed by atoms with Gasteiger partial charge in [-0.15, -0.1) is 0 Å². The third-order valence-corrected chi connectivity index (χ3v) is 3.20. The number of amides is 1. The lowest BCUT2D eigenvalue weighted by Crippen LogP contribution is -2.37. The second kappa shape index (κ2) is 5.58. The summed E-state index contributed by atoms with van der Waals surface area (Å²) in [7, 11) is 0. The summed E-state index contributed by atoms with van der Waals surface area (Å²) in [6.07, 6.45) is -2.08. The first-order chi connectivity index (χ1) is 9.67. The van der Waals surface area contributed by atoms with Gasteiger partial charge in [-0.2, -0.15) is 0 Å². The van der Waals surface area contributed by atoms with Crippen LogP contribution in [0.25, 0.3) is 0 Å². The van der Waals surface area contributed by atoms with Crippen LogP contribution in [0, 0.1) is 11.6 Å².